The highest BCUT2D eigenvalue weighted by Gasteiger charge is 2.55. The number of fused-ring (bicyclic) bond motifs is 5. The maximum absolute atomic E-state index is 10.0. The smallest absolute Gasteiger partial charge is 0.161 e. The van der Waals surface area contributed by atoms with Crippen LogP contribution < -0.4 is 9.47 Å². The van der Waals surface area contributed by atoms with Crippen molar-refractivity contribution >= 4 is 0 Å². The van der Waals surface area contributed by atoms with Crippen molar-refractivity contribution in [2.45, 2.75) is 78.7 Å². The van der Waals surface area contributed by atoms with Gasteiger partial charge in [0.1, 0.15) is 5.75 Å². The van der Waals surface area contributed by atoms with Crippen LogP contribution in [-0.2, 0) is 13.0 Å². The number of methoxy groups -OCH3 is 1. The summed E-state index contributed by atoms with van der Waals surface area (Å²) in [6, 6.07) is 12.6. The lowest BCUT2D eigenvalue weighted by molar-refractivity contribution is 0.000862. The average Bonchev–Trinajstić information content (AvgIpc) is 3.23. The summed E-state index contributed by atoms with van der Waals surface area (Å²) < 4.78 is 12.1. The fourth-order valence-electron chi connectivity index (χ4n) is 8.49. The van der Waals surface area contributed by atoms with Gasteiger partial charge in [0.2, 0.25) is 0 Å². The molecule has 5 unspecified atom stereocenters. The lowest BCUT2D eigenvalue weighted by atomic mass is 9.51. The molecular weight excluding hydrogens is 458 g/mol. The third kappa shape index (κ3) is 4.99. The molecule has 0 aromatic heterocycles. The molecular formula is C33H47NO3. The molecule has 0 spiro atoms. The molecule has 2 saturated carbocycles. The van der Waals surface area contributed by atoms with Gasteiger partial charge in [-0.2, -0.15) is 0 Å². The molecule has 0 bridgehead atoms. The Morgan fingerprint density at radius 3 is 2.59 bits per heavy atom. The normalized spacial score (nSPS) is 30.5. The lowest BCUT2D eigenvalue weighted by Gasteiger charge is -2.53. The number of benzene rings is 2. The molecule has 0 radical (unpaired) electrons. The van der Waals surface area contributed by atoms with E-state index in [0.29, 0.717) is 23.0 Å². The Bertz CT molecular complexity index is 1080. The summed E-state index contributed by atoms with van der Waals surface area (Å²) in [5.74, 6) is 5.75. The summed E-state index contributed by atoms with van der Waals surface area (Å²) in [5, 5.41) is 10.0. The van der Waals surface area contributed by atoms with Gasteiger partial charge in [-0.25, -0.2) is 0 Å². The van der Waals surface area contributed by atoms with E-state index in [-0.39, 0.29) is 0 Å². The van der Waals surface area contributed by atoms with Crippen LogP contribution in [0.4, 0.5) is 0 Å². The molecule has 202 valence electrons. The molecule has 2 aromatic rings. The highest BCUT2D eigenvalue weighted by atomic mass is 16.5. The van der Waals surface area contributed by atoms with Crippen LogP contribution in [0.2, 0.25) is 0 Å². The maximum atomic E-state index is 10.0. The van der Waals surface area contributed by atoms with E-state index in [1.54, 1.807) is 7.11 Å². The highest BCUT2D eigenvalue weighted by molar-refractivity contribution is 5.43. The molecule has 4 nitrogen and oxygen atoms in total. The zero-order valence-corrected chi connectivity index (χ0v) is 23.6. The number of phenols is 1. The van der Waals surface area contributed by atoms with Crippen LogP contribution in [0, 0.1) is 29.1 Å². The minimum atomic E-state index is 0.408. The average molecular weight is 506 g/mol. The van der Waals surface area contributed by atoms with Crippen molar-refractivity contribution in [2.24, 2.45) is 29.1 Å². The van der Waals surface area contributed by atoms with E-state index >= 15 is 0 Å². The second-order valence-electron chi connectivity index (χ2n) is 12.3. The van der Waals surface area contributed by atoms with E-state index < -0.39 is 0 Å². The van der Waals surface area contributed by atoms with Crippen LogP contribution in [0.15, 0.2) is 36.4 Å². The Kier molecular flexibility index (Phi) is 7.77. The van der Waals surface area contributed by atoms with Gasteiger partial charge in [0.25, 0.3) is 0 Å². The highest BCUT2D eigenvalue weighted by Crippen LogP contribution is 2.64. The zero-order valence-electron chi connectivity index (χ0n) is 23.6. The first-order valence-corrected chi connectivity index (χ1v) is 14.7. The summed E-state index contributed by atoms with van der Waals surface area (Å²) in [7, 11) is 1.75. The standard InChI is InChI=1S/C33H47NO3/c1-6-34(7-2)21-23-8-13-30(31(19-23)36-5)37-17-15-25-9-12-29-32-22(3)18-24-20-26(35)10-11-27(24)28(32)14-16-33(25,29)4/h8,10-11,13,19-20,22,25,28-29,32,35H,6-7,9,12,14-18,21H2,1-5H3/t22-,25?,28?,29?,32?,33?/m1/s1. The van der Waals surface area contributed by atoms with Crippen LogP contribution in [0.5, 0.6) is 17.2 Å². The largest absolute Gasteiger partial charge is 0.508 e. The van der Waals surface area contributed by atoms with Crippen molar-refractivity contribution in [3.05, 3.63) is 53.1 Å². The lowest BCUT2D eigenvalue weighted by Crippen LogP contribution is -2.45. The molecule has 2 fully saturated rings. The summed E-state index contributed by atoms with van der Waals surface area (Å²) in [5.41, 5.74) is 4.59. The van der Waals surface area contributed by atoms with E-state index in [1.807, 2.05) is 12.1 Å². The minimum Gasteiger partial charge on any atom is -0.508 e. The number of nitrogens with zero attached hydrogens (tertiary/aromatic N) is 1. The summed E-state index contributed by atoms with van der Waals surface area (Å²) in [4.78, 5) is 2.41. The third-order valence-corrected chi connectivity index (χ3v) is 10.5. The summed E-state index contributed by atoms with van der Waals surface area (Å²) in [6.07, 6.45) is 7.48. The van der Waals surface area contributed by atoms with Crippen LogP contribution in [0.3, 0.4) is 0 Å². The van der Waals surface area contributed by atoms with Crippen molar-refractivity contribution in [3.8, 4) is 17.2 Å². The van der Waals surface area contributed by atoms with Gasteiger partial charge < -0.3 is 14.6 Å². The Balaban J connectivity index is 1.23. The van der Waals surface area contributed by atoms with Gasteiger partial charge in [-0.3, -0.25) is 4.90 Å². The molecule has 4 heteroatoms. The van der Waals surface area contributed by atoms with Crippen LogP contribution in [0.25, 0.3) is 0 Å². The molecule has 1 N–H and O–H groups in total. The van der Waals surface area contributed by atoms with Gasteiger partial charge in [-0.05, 0) is 128 Å². The molecule has 0 heterocycles. The molecule has 6 atom stereocenters. The van der Waals surface area contributed by atoms with E-state index in [4.69, 9.17) is 9.47 Å². The molecule has 37 heavy (non-hydrogen) atoms. The van der Waals surface area contributed by atoms with E-state index in [1.165, 1.54) is 42.4 Å². The zero-order chi connectivity index (χ0) is 26.2. The first kappa shape index (κ1) is 26.4. The fourth-order valence-corrected chi connectivity index (χ4v) is 8.49. The maximum Gasteiger partial charge on any atom is 0.161 e. The number of hydrogen-bond donors (Lipinski definition) is 1. The van der Waals surface area contributed by atoms with Gasteiger partial charge in [-0.1, -0.05) is 39.8 Å². The van der Waals surface area contributed by atoms with Gasteiger partial charge in [0.15, 0.2) is 11.5 Å². The number of aromatic hydroxyl groups is 1. The van der Waals surface area contributed by atoms with Crippen molar-refractivity contribution < 1.29 is 14.6 Å². The number of ether oxygens (including phenoxy) is 2. The van der Waals surface area contributed by atoms with Crippen molar-refractivity contribution in [1.29, 1.82) is 0 Å². The Morgan fingerprint density at radius 2 is 1.84 bits per heavy atom. The molecule has 3 aliphatic carbocycles. The Morgan fingerprint density at radius 1 is 1.03 bits per heavy atom. The quantitative estimate of drug-likeness (QED) is 0.385. The van der Waals surface area contributed by atoms with Gasteiger partial charge in [0, 0.05) is 6.54 Å². The van der Waals surface area contributed by atoms with Crippen LogP contribution in [0.1, 0.15) is 82.4 Å². The molecule has 0 amide bonds. The molecule has 5 rings (SSSR count). The predicted octanol–water partition coefficient (Wildman–Crippen LogP) is 7.43. The number of phenolic OH excluding ortho intramolecular Hbond substituents is 1. The SMILES string of the molecule is CCN(CC)Cc1ccc(OCCC2CCC3C4C(CCC23C)c2ccc(O)cc2C[C@H]4C)c(OC)c1. The van der Waals surface area contributed by atoms with Crippen molar-refractivity contribution in [1.82, 2.24) is 4.90 Å². The molecule has 0 aliphatic heterocycles. The molecule has 2 aromatic carbocycles. The molecule has 0 saturated heterocycles. The second kappa shape index (κ2) is 10.9. The summed E-state index contributed by atoms with van der Waals surface area (Å²) >= 11 is 0. The Labute approximate surface area is 224 Å². The minimum absolute atomic E-state index is 0.408. The van der Waals surface area contributed by atoms with Gasteiger partial charge >= 0.3 is 0 Å². The van der Waals surface area contributed by atoms with E-state index in [2.05, 4.69) is 56.9 Å². The topological polar surface area (TPSA) is 41.9 Å². The third-order valence-electron chi connectivity index (χ3n) is 10.5. The monoisotopic (exact) mass is 505 g/mol. The van der Waals surface area contributed by atoms with Crippen molar-refractivity contribution in [3.63, 3.8) is 0 Å². The van der Waals surface area contributed by atoms with Crippen LogP contribution in [-0.4, -0.2) is 36.8 Å². The van der Waals surface area contributed by atoms with Gasteiger partial charge in [0.05, 0.1) is 13.7 Å². The van der Waals surface area contributed by atoms with Crippen molar-refractivity contribution in [2.75, 3.05) is 26.8 Å². The van der Waals surface area contributed by atoms with E-state index in [0.717, 1.165) is 68.3 Å². The summed E-state index contributed by atoms with van der Waals surface area (Å²) in [6.45, 7) is 13.3. The second-order valence-corrected chi connectivity index (χ2v) is 12.3. The van der Waals surface area contributed by atoms with Crippen LogP contribution >= 0.6 is 0 Å². The van der Waals surface area contributed by atoms with Gasteiger partial charge in [-0.15, -0.1) is 0 Å². The Hall–Kier alpha value is -2.20. The molecule has 3 aliphatic rings. The predicted molar refractivity (Wildman–Crippen MR) is 150 cm³/mol. The number of hydrogen-bond acceptors (Lipinski definition) is 4. The first-order chi connectivity index (χ1) is 17.9. The van der Waals surface area contributed by atoms with E-state index in [9.17, 15) is 5.11 Å². The first-order valence-electron chi connectivity index (χ1n) is 14.7. The number of rotatable bonds is 9. The fraction of sp³-hybridized carbons (Fsp3) is 0.636.